The highest BCUT2D eigenvalue weighted by Gasteiger charge is 2.13. The third-order valence-corrected chi connectivity index (χ3v) is 3.96. The van der Waals surface area contributed by atoms with Crippen molar-refractivity contribution in [3.05, 3.63) is 64.0 Å². The lowest BCUT2D eigenvalue weighted by molar-refractivity contribution is -0.384. The molecule has 10 heteroatoms. The average molecular weight is 339 g/mol. The molecule has 120 valence electrons. The van der Waals surface area contributed by atoms with Gasteiger partial charge in [-0.15, -0.1) is 0 Å². The molecule has 2 rings (SSSR count). The van der Waals surface area contributed by atoms with Crippen LogP contribution in [-0.4, -0.2) is 24.7 Å². The number of sulfonamides is 1. The normalized spacial score (nSPS) is 11.5. The Hall–Kier alpha value is -3.01. The van der Waals surface area contributed by atoms with Crippen LogP contribution in [0.5, 0.6) is 5.75 Å². The number of rotatable bonds is 5. The largest absolute Gasteiger partial charge is 0.507 e. The molecule has 8 nitrogen and oxygen atoms in total. The number of hydrazone groups is 1. The molecule has 0 fully saturated rings. The number of hydrogen-bond donors (Lipinski definition) is 2. The first-order chi connectivity index (χ1) is 10.8. The van der Waals surface area contributed by atoms with Crippen molar-refractivity contribution in [1.82, 2.24) is 4.83 Å². The van der Waals surface area contributed by atoms with E-state index >= 15 is 0 Å². The summed E-state index contributed by atoms with van der Waals surface area (Å²) in [4.78, 5) is 11.6. The molecule has 23 heavy (non-hydrogen) atoms. The molecule has 0 unspecified atom stereocenters. The van der Waals surface area contributed by atoms with Gasteiger partial charge in [-0.2, -0.15) is 13.5 Å². The van der Waals surface area contributed by atoms with Crippen LogP contribution in [0.2, 0.25) is 0 Å². The molecule has 0 aliphatic carbocycles. The van der Waals surface area contributed by atoms with E-state index in [1.807, 2.05) is 4.83 Å². The summed E-state index contributed by atoms with van der Waals surface area (Å²) in [5, 5.41) is 23.6. The third-order valence-electron chi connectivity index (χ3n) is 2.72. The van der Waals surface area contributed by atoms with Gasteiger partial charge < -0.3 is 5.11 Å². The van der Waals surface area contributed by atoms with Crippen molar-refractivity contribution >= 4 is 21.9 Å². The molecule has 0 amide bonds. The lowest BCUT2D eigenvalue weighted by Crippen LogP contribution is -2.18. The zero-order valence-corrected chi connectivity index (χ0v) is 12.2. The van der Waals surface area contributed by atoms with Crippen molar-refractivity contribution in [3.63, 3.8) is 0 Å². The summed E-state index contributed by atoms with van der Waals surface area (Å²) in [6, 6.07) is 7.28. The van der Waals surface area contributed by atoms with Crippen LogP contribution in [-0.2, 0) is 10.0 Å². The lowest BCUT2D eigenvalue weighted by Gasteiger charge is -2.03. The summed E-state index contributed by atoms with van der Waals surface area (Å²) in [6.07, 6.45) is 0.920. The number of nitro groups is 1. The van der Waals surface area contributed by atoms with Crippen LogP contribution < -0.4 is 4.83 Å². The maximum Gasteiger partial charge on any atom is 0.276 e. The van der Waals surface area contributed by atoms with E-state index in [1.165, 1.54) is 0 Å². The van der Waals surface area contributed by atoms with Crippen molar-refractivity contribution in [3.8, 4) is 5.75 Å². The van der Waals surface area contributed by atoms with Crippen LogP contribution in [0.4, 0.5) is 10.1 Å². The van der Waals surface area contributed by atoms with Gasteiger partial charge in [-0.05, 0) is 30.3 Å². The van der Waals surface area contributed by atoms with E-state index in [9.17, 15) is 28.0 Å². The summed E-state index contributed by atoms with van der Waals surface area (Å²) in [5.74, 6) is -0.894. The number of nitro benzene ring substituents is 1. The summed E-state index contributed by atoms with van der Waals surface area (Å²) < 4.78 is 36.5. The Labute approximate surface area is 130 Å². The van der Waals surface area contributed by atoms with E-state index < -0.39 is 20.8 Å². The van der Waals surface area contributed by atoms with Crippen molar-refractivity contribution in [2.75, 3.05) is 0 Å². The molecule has 0 radical (unpaired) electrons. The molecule has 0 aromatic heterocycles. The van der Waals surface area contributed by atoms with E-state index in [0.717, 1.165) is 48.7 Å². The molecule has 2 aromatic carbocycles. The number of phenols is 1. The van der Waals surface area contributed by atoms with Crippen LogP contribution in [0.3, 0.4) is 0 Å². The predicted molar refractivity (Wildman–Crippen MR) is 79.1 cm³/mol. The minimum absolute atomic E-state index is 0.0407. The van der Waals surface area contributed by atoms with Crippen molar-refractivity contribution in [2.45, 2.75) is 4.90 Å². The fraction of sp³-hybridized carbons (Fsp3) is 0. The predicted octanol–water partition coefficient (Wildman–Crippen LogP) is 1.75. The number of aromatic hydroxyl groups is 1. The number of benzene rings is 2. The van der Waals surface area contributed by atoms with Gasteiger partial charge in [-0.25, -0.2) is 9.22 Å². The Morgan fingerprint density at radius 3 is 2.48 bits per heavy atom. The highest BCUT2D eigenvalue weighted by molar-refractivity contribution is 7.89. The number of nitrogens with zero attached hydrogens (tertiary/aromatic N) is 2. The Bertz CT molecular complexity index is 866. The number of phenolic OH excluding ortho intramolecular Hbond substituents is 1. The molecular weight excluding hydrogens is 329 g/mol. The van der Waals surface area contributed by atoms with Gasteiger partial charge in [-0.1, -0.05) is 0 Å². The molecule has 0 bridgehead atoms. The van der Waals surface area contributed by atoms with Crippen molar-refractivity contribution in [2.24, 2.45) is 5.10 Å². The Morgan fingerprint density at radius 1 is 1.22 bits per heavy atom. The number of hydrogen-bond acceptors (Lipinski definition) is 6. The summed E-state index contributed by atoms with van der Waals surface area (Å²) in [7, 11) is -4.02. The van der Waals surface area contributed by atoms with Crippen LogP contribution >= 0.6 is 0 Å². The monoisotopic (exact) mass is 339 g/mol. The average Bonchev–Trinajstić information content (AvgIpc) is 2.49. The van der Waals surface area contributed by atoms with Crippen LogP contribution in [0.25, 0.3) is 0 Å². The Balaban J connectivity index is 2.19. The minimum Gasteiger partial charge on any atom is -0.507 e. The highest BCUT2D eigenvalue weighted by atomic mass is 32.2. The van der Waals surface area contributed by atoms with E-state index in [-0.39, 0.29) is 21.9 Å². The van der Waals surface area contributed by atoms with Crippen LogP contribution in [0.1, 0.15) is 5.56 Å². The second-order valence-corrected chi connectivity index (χ2v) is 5.97. The second kappa shape index (κ2) is 6.40. The Morgan fingerprint density at radius 2 is 1.87 bits per heavy atom. The molecule has 2 N–H and O–H groups in total. The van der Waals surface area contributed by atoms with Gasteiger partial charge in [0.2, 0.25) is 0 Å². The van der Waals surface area contributed by atoms with E-state index in [2.05, 4.69) is 5.10 Å². The second-order valence-electron chi connectivity index (χ2n) is 4.31. The van der Waals surface area contributed by atoms with Gasteiger partial charge in [0.05, 0.1) is 16.0 Å². The van der Waals surface area contributed by atoms with Crippen LogP contribution in [0, 0.1) is 15.9 Å². The molecule has 2 aromatic rings. The SMILES string of the molecule is O=[N+]([O-])c1ccc(O)c(/C=N/NS(=O)(=O)c2ccc(F)cc2)c1. The zero-order chi connectivity index (χ0) is 17.0. The van der Waals surface area contributed by atoms with Crippen molar-refractivity contribution in [1.29, 1.82) is 0 Å². The first kappa shape index (κ1) is 16.4. The van der Waals surface area contributed by atoms with E-state index in [0.29, 0.717) is 0 Å². The van der Waals surface area contributed by atoms with Gasteiger partial charge in [0, 0.05) is 17.7 Å². The summed E-state index contributed by atoms with van der Waals surface area (Å²) in [6.45, 7) is 0. The van der Waals surface area contributed by atoms with Crippen LogP contribution in [0.15, 0.2) is 52.5 Å². The number of halogens is 1. The molecule has 0 aliphatic heterocycles. The minimum atomic E-state index is -4.02. The highest BCUT2D eigenvalue weighted by Crippen LogP contribution is 2.21. The molecule has 0 saturated heterocycles. The van der Waals surface area contributed by atoms with Gasteiger partial charge in [0.25, 0.3) is 15.7 Å². The third kappa shape index (κ3) is 4.01. The summed E-state index contributed by atoms with van der Waals surface area (Å²) >= 11 is 0. The van der Waals surface area contributed by atoms with Gasteiger partial charge >= 0.3 is 0 Å². The van der Waals surface area contributed by atoms with E-state index in [1.54, 1.807) is 0 Å². The number of nitrogens with one attached hydrogen (secondary N) is 1. The molecule has 0 heterocycles. The number of non-ortho nitro benzene ring substituents is 1. The summed E-state index contributed by atoms with van der Waals surface area (Å²) in [5.41, 5.74) is -0.327. The maximum absolute atomic E-state index is 12.8. The van der Waals surface area contributed by atoms with Gasteiger partial charge in [0.15, 0.2) is 0 Å². The van der Waals surface area contributed by atoms with Crippen molar-refractivity contribution < 1.29 is 22.8 Å². The standard InChI is InChI=1S/C13H10FN3O5S/c14-10-1-4-12(5-2-10)23(21,22)16-15-8-9-7-11(17(19)20)3-6-13(9)18/h1-8,16,18H/b15-8+. The zero-order valence-electron chi connectivity index (χ0n) is 11.4. The molecule has 0 spiro atoms. The van der Waals surface area contributed by atoms with E-state index in [4.69, 9.17) is 0 Å². The fourth-order valence-electron chi connectivity index (χ4n) is 1.59. The first-order valence-electron chi connectivity index (χ1n) is 6.07. The first-order valence-corrected chi connectivity index (χ1v) is 7.56. The lowest BCUT2D eigenvalue weighted by atomic mass is 10.2. The van der Waals surface area contributed by atoms with Gasteiger partial charge in [0.1, 0.15) is 11.6 Å². The topological polar surface area (TPSA) is 122 Å². The quantitative estimate of drug-likeness (QED) is 0.488. The Kier molecular flexibility index (Phi) is 4.55. The molecular formula is C13H10FN3O5S. The van der Waals surface area contributed by atoms with Gasteiger partial charge in [-0.3, -0.25) is 10.1 Å². The maximum atomic E-state index is 12.8. The molecule has 0 atom stereocenters. The smallest absolute Gasteiger partial charge is 0.276 e. The fourth-order valence-corrected chi connectivity index (χ4v) is 2.38. The molecule has 0 aliphatic rings. The molecule has 0 saturated carbocycles.